The molecule has 144 valence electrons. The summed E-state index contributed by atoms with van der Waals surface area (Å²) < 4.78 is 15.8. The molecule has 0 saturated carbocycles. The Labute approximate surface area is 168 Å². The van der Waals surface area contributed by atoms with Crippen molar-refractivity contribution in [2.45, 2.75) is 0 Å². The maximum absolute atomic E-state index is 15.0. The second-order valence-electron chi connectivity index (χ2n) is 5.13. The molecule has 0 unspecified atom stereocenters. The molecule has 2 aromatic carbocycles. The number of hydrogen-bond donors (Lipinski definition) is 4. The number of aliphatic imine (C=N–C) groups is 1. The number of nitrogens with zero attached hydrogens (tertiary/aromatic N) is 1. The minimum absolute atomic E-state index is 0.0107. The number of benzene rings is 2. The molecule has 0 heterocycles. The van der Waals surface area contributed by atoms with Crippen LogP contribution in [0.25, 0.3) is 0 Å². The molecule has 10 heteroatoms. The molecular formula is C17H17BrClFN4O3. The normalized spacial score (nSPS) is 10.9. The molecule has 0 atom stereocenters. The summed E-state index contributed by atoms with van der Waals surface area (Å²) in [5.41, 5.74) is 2.56. The van der Waals surface area contributed by atoms with Crippen LogP contribution in [-0.4, -0.2) is 37.6 Å². The van der Waals surface area contributed by atoms with Crippen molar-refractivity contribution in [2.24, 2.45) is 4.99 Å². The van der Waals surface area contributed by atoms with Crippen molar-refractivity contribution in [3.05, 3.63) is 51.2 Å². The van der Waals surface area contributed by atoms with Gasteiger partial charge < -0.3 is 15.7 Å². The van der Waals surface area contributed by atoms with E-state index in [0.717, 1.165) is 4.47 Å². The smallest absolute Gasteiger partial charge is 0.277 e. The second kappa shape index (κ2) is 10.2. The third kappa shape index (κ3) is 5.64. The van der Waals surface area contributed by atoms with Crippen LogP contribution in [0.1, 0.15) is 10.4 Å². The Morgan fingerprint density at radius 2 is 2.11 bits per heavy atom. The van der Waals surface area contributed by atoms with Gasteiger partial charge in [0.2, 0.25) is 0 Å². The fraction of sp³-hybridized carbons (Fsp3) is 0.176. The Balaban J connectivity index is 2.43. The fourth-order valence-corrected chi connectivity index (χ4v) is 2.80. The molecule has 0 aliphatic heterocycles. The van der Waals surface area contributed by atoms with Crippen molar-refractivity contribution in [1.82, 2.24) is 5.48 Å². The Bertz CT molecular complexity index is 851. The van der Waals surface area contributed by atoms with Gasteiger partial charge in [-0.05, 0) is 30.3 Å². The zero-order valence-electron chi connectivity index (χ0n) is 14.2. The molecule has 0 fully saturated rings. The van der Waals surface area contributed by atoms with E-state index in [1.807, 2.05) is 0 Å². The Morgan fingerprint density at radius 3 is 2.78 bits per heavy atom. The zero-order chi connectivity index (χ0) is 19.8. The molecule has 4 N–H and O–H groups in total. The number of hydroxylamine groups is 1. The Morgan fingerprint density at radius 1 is 1.37 bits per heavy atom. The SMILES string of the molecule is CN=CNc1ccc(C(=O)NOCCO)c(Nc2ccc(Br)cc2Cl)c1F. The molecule has 1 amide bonds. The number of carbonyl (C=O) groups is 1. The molecule has 27 heavy (non-hydrogen) atoms. The first-order chi connectivity index (χ1) is 13.0. The van der Waals surface area contributed by atoms with Gasteiger partial charge in [-0.1, -0.05) is 27.5 Å². The number of hydrogen-bond acceptors (Lipinski definition) is 5. The summed E-state index contributed by atoms with van der Waals surface area (Å²) in [5.74, 6) is -1.39. The van der Waals surface area contributed by atoms with Crippen LogP contribution in [0.4, 0.5) is 21.5 Å². The van der Waals surface area contributed by atoms with E-state index in [1.165, 1.54) is 25.5 Å². The number of anilines is 3. The maximum atomic E-state index is 15.0. The summed E-state index contributed by atoms with van der Waals surface area (Å²) in [4.78, 5) is 20.9. The predicted molar refractivity (Wildman–Crippen MR) is 107 cm³/mol. The van der Waals surface area contributed by atoms with Gasteiger partial charge in [-0.25, -0.2) is 9.87 Å². The molecule has 0 aliphatic carbocycles. The first kappa shape index (κ1) is 21.1. The molecule has 0 spiro atoms. The van der Waals surface area contributed by atoms with E-state index >= 15 is 4.39 Å². The van der Waals surface area contributed by atoms with Gasteiger partial charge in [0.15, 0.2) is 5.82 Å². The minimum atomic E-state index is -0.705. The van der Waals surface area contributed by atoms with Gasteiger partial charge in [-0.2, -0.15) is 0 Å². The largest absolute Gasteiger partial charge is 0.394 e. The molecule has 0 radical (unpaired) electrons. The van der Waals surface area contributed by atoms with Crippen LogP contribution in [0.5, 0.6) is 0 Å². The van der Waals surface area contributed by atoms with Gasteiger partial charge in [-0.15, -0.1) is 0 Å². The Hall–Kier alpha value is -2.20. The summed E-state index contributed by atoms with van der Waals surface area (Å²) >= 11 is 9.48. The van der Waals surface area contributed by atoms with Crippen LogP contribution in [-0.2, 0) is 4.84 Å². The van der Waals surface area contributed by atoms with Crippen molar-refractivity contribution < 1.29 is 19.1 Å². The van der Waals surface area contributed by atoms with E-state index in [1.54, 1.807) is 18.2 Å². The lowest BCUT2D eigenvalue weighted by atomic mass is 10.1. The predicted octanol–water partition coefficient (Wildman–Crippen LogP) is 3.71. The van der Waals surface area contributed by atoms with Gasteiger partial charge in [0, 0.05) is 11.5 Å². The molecular weight excluding hydrogens is 443 g/mol. The molecule has 2 rings (SSSR count). The van der Waals surface area contributed by atoms with E-state index in [9.17, 15) is 4.79 Å². The standard InChI is InChI=1S/C17H17BrClFN4O3/c1-21-9-22-14-5-3-11(17(26)24-27-7-6-25)16(15(14)20)23-13-4-2-10(18)8-12(13)19/h2-5,8-9,23,25H,6-7H2,1H3,(H,21,22)(H,24,26). The lowest BCUT2D eigenvalue weighted by molar-refractivity contribution is 0.0169. The molecule has 0 aliphatic rings. The summed E-state index contributed by atoms with van der Waals surface area (Å²) in [7, 11) is 1.53. The average molecular weight is 460 g/mol. The van der Waals surface area contributed by atoms with E-state index < -0.39 is 11.7 Å². The van der Waals surface area contributed by atoms with Crippen LogP contribution in [0.3, 0.4) is 0 Å². The van der Waals surface area contributed by atoms with Crippen molar-refractivity contribution in [1.29, 1.82) is 0 Å². The maximum Gasteiger partial charge on any atom is 0.277 e. The van der Waals surface area contributed by atoms with Crippen molar-refractivity contribution >= 4 is 56.8 Å². The van der Waals surface area contributed by atoms with Crippen LogP contribution < -0.4 is 16.1 Å². The highest BCUT2D eigenvalue weighted by molar-refractivity contribution is 9.10. The van der Waals surface area contributed by atoms with Crippen molar-refractivity contribution in [3.63, 3.8) is 0 Å². The number of halogens is 3. The third-order valence-electron chi connectivity index (χ3n) is 3.28. The molecule has 0 saturated heterocycles. The lowest BCUT2D eigenvalue weighted by Crippen LogP contribution is -2.26. The minimum Gasteiger partial charge on any atom is -0.394 e. The average Bonchev–Trinajstić information content (AvgIpc) is 2.64. The number of carbonyl (C=O) groups excluding carboxylic acids is 1. The Kier molecular flexibility index (Phi) is 7.99. The lowest BCUT2D eigenvalue weighted by Gasteiger charge is -2.16. The summed E-state index contributed by atoms with van der Waals surface area (Å²) in [5, 5.41) is 14.6. The summed E-state index contributed by atoms with van der Waals surface area (Å²) in [6.45, 7) is -0.365. The van der Waals surface area contributed by atoms with Gasteiger partial charge in [0.1, 0.15) is 0 Å². The molecule has 0 bridgehead atoms. The van der Waals surface area contributed by atoms with Gasteiger partial charge in [-0.3, -0.25) is 14.6 Å². The third-order valence-corrected chi connectivity index (χ3v) is 4.09. The van der Waals surface area contributed by atoms with E-state index in [-0.39, 0.29) is 30.2 Å². The van der Waals surface area contributed by atoms with Crippen LogP contribution in [0.15, 0.2) is 39.8 Å². The quantitative estimate of drug-likeness (QED) is 0.209. The highest BCUT2D eigenvalue weighted by Crippen LogP contribution is 2.33. The summed E-state index contributed by atoms with van der Waals surface area (Å²) in [6.07, 6.45) is 1.32. The number of aliphatic hydroxyl groups excluding tert-OH is 1. The molecule has 7 nitrogen and oxygen atoms in total. The van der Waals surface area contributed by atoms with Crippen molar-refractivity contribution in [3.8, 4) is 0 Å². The number of nitrogens with one attached hydrogen (secondary N) is 3. The molecule has 2 aromatic rings. The topological polar surface area (TPSA) is 95.0 Å². The van der Waals surface area contributed by atoms with Crippen LogP contribution >= 0.6 is 27.5 Å². The highest BCUT2D eigenvalue weighted by atomic mass is 79.9. The second-order valence-corrected chi connectivity index (χ2v) is 6.46. The summed E-state index contributed by atoms with van der Waals surface area (Å²) in [6, 6.07) is 7.82. The monoisotopic (exact) mass is 458 g/mol. The highest BCUT2D eigenvalue weighted by Gasteiger charge is 2.20. The molecule has 0 aromatic heterocycles. The van der Waals surface area contributed by atoms with Gasteiger partial charge in [0.25, 0.3) is 5.91 Å². The number of aliphatic hydroxyl groups is 1. The van der Waals surface area contributed by atoms with Gasteiger partial charge >= 0.3 is 0 Å². The van der Waals surface area contributed by atoms with Gasteiger partial charge in [0.05, 0.1) is 47.2 Å². The van der Waals surface area contributed by atoms with Crippen LogP contribution in [0, 0.1) is 5.82 Å². The van der Waals surface area contributed by atoms with E-state index in [2.05, 4.69) is 37.0 Å². The first-order valence-electron chi connectivity index (χ1n) is 7.72. The zero-order valence-corrected chi connectivity index (χ0v) is 16.6. The van der Waals surface area contributed by atoms with E-state index in [0.29, 0.717) is 10.7 Å². The van der Waals surface area contributed by atoms with Crippen molar-refractivity contribution in [2.75, 3.05) is 30.9 Å². The van der Waals surface area contributed by atoms with Crippen LogP contribution in [0.2, 0.25) is 5.02 Å². The number of amides is 1. The fourth-order valence-electron chi connectivity index (χ4n) is 2.08. The van der Waals surface area contributed by atoms with E-state index in [4.69, 9.17) is 21.5 Å². The number of rotatable bonds is 8. The first-order valence-corrected chi connectivity index (χ1v) is 8.89.